The van der Waals surface area contributed by atoms with Crippen LogP contribution in [-0.4, -0.2) is 23.1 Å². The lowest BCUT2D eigenvalue weighted by atomic mass is 9.81. The number of hydrogen-bond donors (Lipinski definition) is 0. The van der Waals surface area contributed by atoms with Crippen LogP contribution in [0.3, 0.4) is 0 Å². The summed E-state index contributed by atoms with van der Waals surface area (Å²) in [4.78, 5) is 52.7. The molecule has 0 unspecified atom stereocenters. The van der Waals surface area contributed by atoms with Gasteiger partial charge < -0.3 is 0 Å². The lowest BCUT2D eigenvalue weighted by molar-refractivity contribution is 0.0973. The van der Waals surface area contributed by atoms with Gasteiger partial charge in [0.05, 0.1) is 0 Å². The molecule has 0 fully saturated rings. The van der Waals surface area contributed by atoms with Crippen LogP contribution in [0.15, 0.2) is 113 Å². The van der Waals surface area contributed by atoms with E-state index in [9.17, 15) is 19.2 Å². The van der Waals surface area contributed by atoms with Gasteiger partial charge in [-0.2, -0.15) is 0 Å². The van der Waals surface area contributed by atoms with E-state index in [2.05, 4.69) is 0 Å². The predicted molar refractivity (Wildman–Crippen MR) is 160 cm³/mol. The van der Waals surface area contributed by atoms with E-state index in [0.717, 1.165) is 22.3 Å². The zero-order chi connectivity index (χ0) is 28.8. The van der Waals surface area contributed by atoms with Gasteiger partial charge in [-0.1, -0.05) is 78.3 Å². The maximum Gasteiger partial charge on any atom is 0.190 e. The van der Waals surface area contributed by atoms with Crippen molar-refractivity contribution < 1.29 is 19.2 Å². The molecule has 2 aliphatic carbocycles. The molecule has 0 spiro atoms. The Morgan fingerprint density at radius 1 is 0.488 bits per heavy atom. The van der Waals surface area contributed by atoms with Crippen molar-refractivity contribution in [1.82, 2.24) is 0 Å². The molecule has 4 aromatic rings. The predicted octanol–water partition coefficient (Wildman–Crippen LogP) is 7.88. The summed E-state index contributed by atoms with van der Waals surface area (Å²) in [6.45, 7) is 3.42. The summed E-state index contributed by atoms with van der Waals surface area (Å²) in [6.07, 6.45) is 0.717. The molecule has 5 heteroatoms. The summed E-state index contributed by atoms with van der Waals surface area (Å²) < 4.78 is 0. The molecule has 0 aromatic heterocycles. The fraction of sp³-hybridized carbons (Fsp3) is 0.111. The van der Waals surface area contributed by atoms with Crippen molar-refractivity contribution in [3.63, 3.8) is 0 Å². The van der Waals surface area contributed by atoms with E-state index >= 15 is 0 Å². The van der Waals surface area contributed by atoms with Crippen LogP contribution >= 0.6 is 11.6 Å². The Morgan fingerprint density at radius 3 is 1.49 bits per heavy atom. The van der Waals surface area contributed by atoms with Gasteiger partial charge in [-0.25, -0.2) is 0 Å². The number of fused-ring (bicyclic) bond motifs is 2. The Bertz CT molecular complexity index is 1850. The normalized spacial score (nSPS) is 14.9. The first-order valence-corrected chi connectivity index (χ1v) is 13.8. The van der Waals surface area contributed by atoms with E-state index in [1.54, 1.807) is 62.4 Å². The Balaban J connectivity index is 1.25. The van der Waals surface area contributed by atoms with Gasteiger partial charge in [-0.15, -0.1) is 0 Å². The largest absolute Gasteiger partial charge is 0.289 e. The van der Waals surface area contributed by atoms with Crippen LogP contribution in [0.1, 0.15) is 66.4 Å². The van der Waals surface area contributed by atoms with Crippen LogP contribution in [0.5, 0.6) is 0 Å². The number of carbonyl (C=O) groups excluding carboxylic acids is 4. The lowest BCUT2D eigenvalue weighted by Gasteiger charge is -2.20. The highest BCUT2D eigenvalue weighted by atomic mass is 35.5. The van der Waals surface area contributed by atoms with Crippen LogP contribution in [0.4, 0.5) is 0 Å². The van der Waals surface area contributed by atoms with E-state index in [4.69, 9.17) is 11.6 Å². The Hall–Kier alpha value is -4.67. The number of hydrogen-bond acceptors (Lipinski definition) is 4. The second-order valence-corrected chi connectivity index (χ2v) is 10.9. The van der Waals surface area contributed by atoms with Crippen molar-refractivity contribution in [2.24, 2.45) is 0 Å². The summed E-state index contributed by atoms with van der Waals surface area (Å²) in [6, 6.07) is 27.3. The number of carbonyl (C=O) groups is 4. The molecular weight excluding hydrogens is 532 g/mol. The third-order valence-corrected chi connectivity index (χ3v) is 8.27. The molecule has 0 saturated heterocycles. The standard InChI is InChI=1S/C36H25ClO4/c1-20-30(35(40)28-6-4-3-5-27(28)33(20)38)17-22-7-11-24(12-8-22)25-13-16-29-32(19-25)34(39)21(2)31(36(29)41)18-23-9-14-26(37)15-10-23/h3-16,19H,17-18H2,1-2H3. The molecule has 2 aliphatic rings. The van der Waals surface area contributed by atoms with Gasteiger partial charge in [-0.05, 0) is 60.4 Å². The molecule has 0 atom stereocenters. The van der Waals surface area contributed by atoms with Crippen molar-refractivity contribution in [3.05, 3.63) is 152 Å². The maximum absolute atomic E-state index is 13.4. The van der Waals surface area contributed by atoms with Gasteiger partial charge in [0.1, 0.15) is 0 Å². The smallest absolute Gasteiger partial charge is 0.190 e. The zero-order valence-corrected chi connectivity index (χ0v) is 23.3. The Labute approximate surface area is 243 Å². The first-order valence-electron chi connectivity index (χ1n) is 13.4. The van der Waals surface area contributed by atoms with E-state index in [1.165, 1.54) is 0 Å². The molecule has 200 valence electrons. The third kappa shape index (κ3) is 4.71. The second kappa shape index (κ2) is 10.4. The van der Waals surface area contributed by atoms with Gasteiger partial charge in [-0.3, -0.25) is 19.2 Å². The minimum absolute atomic E-state index is 0.110. The van der Waals surface area contributed by atoms with Gasteiger partial charge in [0.25, 0.3) is 0 Å². The molecule has 4 nitrogen and oxygen atoms in total. The van der Waals surface area contributed by atoms with Crippen LogP contribution in [0, 0.1) is 0 Å². The van der Waals surface area contributed by atoms with E-state index < -0.39 is 0 Å². The van der Waals surface area contributed by atoms with Crippen molar-refractivity contribution in [3.8, 4) is 11.1 Å². The number of allylic oxidation sites excluding steroid dienone is 4. The van der Waals surface area contributed by atoms with Gasteiger partial charge in [0, 0.05) is 62.4 Å². The summed E-state index contributed by atoms with van der Waals surface area (Å²) in [5.74, 6) is -0.504. The number of ketones is 4. The molecule has 0 aliphatic heterocycles. The summed E-state index contributed by atoms with van der Waals surface area (Å²) >= 11 is 5.99. The maximum atomic E-state index is 13.4. The van der Waals surface area contributed by atoms with Gasteiger partial charge in [0.2, 0.25) is 0 Å². The molecule has 0 bridgehead atoms. The zero-order valence-electron chi connectivity index (χ0n) is 22.6. The highest BCUT2D eigenvalue weighted by molar-refractivity contribution is 6.30. The first-order chi connectivity index (χ1) is 19.7. The fourth-order valence-electron chi connectivity index (χ4n) is 5.58. The fourth-order valence-corrected chi connectivity index (χ4v) is 5.71. The number of Topliss-reactive ketones (excluding diaryl/α,β-unsaturated/α-hetero) is 4. The van der Waals surface area contributed by atoms with Gasteiger partial charge in [0.15, 0.2) is 23.1 Å². The SMILES string of the molecule is CC1=C(Cc2ccc(-c3ccc4c(c3)C(=O)C(C)=C(Cc3ccc(Cl)cc3)C4=O)cc2)C(=O)c2ccccc2C1=O. The molecule has 6 rings (SSSR count). The second-order valence-electron chi connectivity index (χ2n) is 10.5. The summed E-state index contributed by atoms with van der Waals surface area (Å²) in [5, 5.41) is 0.618. The molecule has 0 radical (unpaired) electrons. The average molecular weight is 557 g/mol. The Morgan fingerprint density at radius 2 is 0.927 bits per heavy atom. The number of benzene rings is 4. The topological polar surface area (TPSA) is 68.3 Å². The molecule has 41 heavy (non-hydrogen) atoms. The van der Waals surface area contributed by atoms with Crippen LogP contribution in [-0.2, 0) is 12.8 Å². The summed E-state index contributed by atoms with van der Waals surface area (Å²) in [7, 11) is 0. The molecule has 0 N–H and O–H groups in total. The highest BCUT2D eigenvalue weighted by Crippen LogP contribution is 2.33. The Kier molecular flexibility index (Phi) is 6.72. The lowest BCUT2D eigenvalue weighted by Crippen LogP contribution is -2.22. The van der Waals surface area contributed by atoms with Crippen molar-refractivity contribution in [1.29, 1.82) is 0 Å². The van der Waals surface area contributed by atoms with Crippen LogP contribution < -0.4 is 0 Å². The van der Waals surface area contributed by atoms with E-state index in [0.29, 0.717) is 62.4 Å². The molecular formula is C36H25ClO4. The van der Waals surface area contributed by atoms with E-state index in [1.807, 2.05) is 42.5 Å². The monoisotopic (exact) mass is 556 g/mol. The van der Waals surface area contributed by atoms with Gasteiger partial charge >= 0.3 is 0 Å². The van der Waals surface area contributed by atoms with Crippen molar-refractivity contribution in [2.45, 2.75) is 26.7 Å². The first kappa shape index (κ1) is 26.5. The van der Waals surface area contributed by atoms with Crippen LogP contribution in [0.2, 0.25) is 5.02 Å². The number of rotatable bonds is 5. The number of halogens is 1. The van der Waals surface area contributed by atoms with Crippen molar-refractivity contribution >= 4 is 34.7 Å². The minimum Gasteiger partial charge on any atom is -0.289 e. The molecule has 0 saturated carbocycles. The average Bonchev–Trinajstić information content (AvgIpc) is 3.00. The molecule has 0 amide bonds. The quantitative estimate of drug-likeness (QED) is 0.251. The molecule has 0 heterocycles. The highest BCUT2D eigenvalue weighted by Gasteiger charge is 2.31. The minimum atomic E-state index is -0.148. The van der Waals surface area contributed by atoms with Crippen molar-refractivity contribution in [2.75, 3.05) is 0 Å². The molecule has 4 aromatic carbocycles. The van der Waals surface area contributed by atoms with E-state index in [-0.39, 0.29) is 23.1 Å². The summed E-state index contributed by atoms with van der Waals surface area (Å²) in [5.41, 5.74) is 7.19. The third-order valence-electron chi connectivity index (χ3n) is 8.02. The van der Waals surface area contributed by atoms with Crippen LogP contribution in [0.25, 0.3) is 11.1 Å².